The first-order valence-corrected chi connectivity index (χ1v) is 10.1. The van der Waals surface area contributed by atoms with E-state index in [1.807, 2.05) is 54.3 Å². The summed E-state index contributed by atoms with van der Waals surface area (Å²) in [5, 5.41) is 0.576. The number of nitrogens with zero attached hydrogens (tertiary/aromatic N) is 3. The van der Waals surface area contributed by atoms with E-state index >= 15 is 0 Å². The van der Waals surface area contributed by atoms with Gasteiger partial charge >= 0.3 is 0 Å². The molecule has 0 bridgehead atoms. The van der Waals surface area contributed by atoms with E-state index in [1.165, 1.54) is 10.9 Å². The Hall–Kier alpha value is -3.15. The number of aryl methyl sites for hydroxylation is 1. The molecule has 6 nitrogen and oxygen atoms in total. The SMILES string of the molecule is CCOc1ccccc1CN(C(=O)CCn1cnc2ccccc2c1=O)C1CC1. The van der Waals surface area contributed by atoms with E-state index < -0.39 is 0 Å². The first-order chi connectivity index (χ1) is 14.2. The van der Waals surface area contributed by atoms with Crippen molar-refractivity contribution >= 4 is 16.8 Å². The maximum atomic E-state index is 13.0. The molecule has 1 amide bonds. The highest BCUT2D eigenvalue weighted by Crippen LogP contribution is 2.31. The van der Waals surface area contributed by atoms with Crippen molar-refractivity contribution in [3.05, 3.63) is 70.8 Å². The lowest BCUT2D eigenvalue weighted by Gasteiger charge is -2.24. The molecule has 0 N–H and O–H groups in total. The van der Waals surface area contributed by atoms with E-state index in [2.05, 4.69) is 4.98 Å². The zero-order chi connectivity index (χ0) is 20.2. The Morgan fingerprint density at radius 2 is 1.93 bits per heavy atom. The van der Waals surface area contributed by atoms with Gasteiger partial charge in [-0.15, -0.1) is 0 Å². The largest absolute Gasteiger partial charge is 0.494 e. The summed E-state index contributed by atoms with van der Waals surface area (Å²) in [6.45, 7) is 3.40. The number of aromatic nitrogens is 2. The Labute approximate surface area is 169 Å². The number of amides is 1. The van der Waals surface area contributed by atoms with Gasteiger partial charge in [0.05, 0.1) is 23.8 Å². The molecule has 1 heterocycles. The smallest absolute Gasteiger partial charge is 0.261 e. The number of carbonyl (C=O) groups is 1. The van der Waals surface area contributed by atoms with E-state index in [0.717, 1.165) is 24.2 Å². The minimum Gasteiger partial charge on any atom is -0.494 e. The standard InChI is InChI=1S/C23H25N3O3/c1-2-29-21-10-6-3-7-17(21)15-26(18-11-12-18)22(27)13-14-25-16-24-20-9-5-4-8-19(20)23(25)28/h3-10,16,18H,2,11-15H2,1H3. The van der Waals surface area contributed by atoms with Crippen LogP contribution in [0.4, 0.5) is 0 Å². The number of ether oxygens (including phenoxy) is 1. The van der Waals surface area contributed by atoms with Gasteiger partial charge in [0.15, 0.2) is 0 Å². The van der Waals surface area contributed by atoms with Crippen LogP contribution >= 0.6 is 0 Å². The number of rotatable bonds is 8. The Kier molecular flexibility index (Phi) is 5.60. The molecule has 3 aromatic rings. The highest BCUT2D eigenvalue weighted by atomic mass is 16.5. The second kappa shape index (κ2) is 8.47. The molecule has 1 aliphatic carbocycles. The molecule has 29 heavy (non-hydrogen) atoms. The topological polar surface area (TPSA) is 64.4 Å². The van der Waals surface area contributed by atoms with Gasteiger partial charge in [0, 0.05) is 31.1 Å². The minimum atomic E-state index is -0.108. The summed E-state index contributed by atoms with van der Waals surface area (Å²) < 4.78 is 7.24. The fourth-order valence-corrected chi connectivity index (χ4v) is 3.55. The molecule has 4 rings (SSSR count). The van der Waals surface area contributed by atoms with E-state index in [9.17, 15) is 9.59 Å². The zero-order valence-corrected chi connectivity index (χ0v) is 16.6. The van der Waals surface area contributed by atoms with Gasteiger partial charge in [0.25, 0.3) is 5.56 Å². The van der Waals surface area contributed by atoms with Crippen LogP contribution in [0.1, 0.15) is 31.7 Å². The molecule has 1 aliphatic rings. The van der Waals surface area contributed by atoms with E-state index in [4.69, 9.17) is 4.74 Å². The fourth-order valence-electron chi connectivity index (χ4n) is 3.55. The van der Waals surface area contributed by atoms with Crippen LogP contribution in [0.25, 0.3) is 10.9 Å². The monoisotopic (exact) mass is 391 g/mol. The predicted octanol–water partition coefficient (Wildman–Crippen LogP) is 3.38. The van der Waals surface area contributed by atoms with E-state index in [0.29, 0.717) is 30.6 Å². The molecular weight excluding hydrogens is 366 g/mol. The third kappa shape index (κ3) is 4.31. The summed E-state index contributed by atoms with van der Waals surface area (Å²) in [4.78, 5) is 31.9. The van der Waals surface area contributed by atoms with Crippen LogP contribution in [0, 0.1) is 0 Å². The summed E-state index contributed by atoms with van der Waals surface area (Å²) >= 11 is 0. The van der Waals surface area contributed by atoms with Crippen LogP contribution in [-0.4, -0.2) is 33.0 Å². The van der Waals surface area contributed by atoms with Crippen molar-refractivity contribution in [2.75, 3.05) is 6.61 Å². The number of hydrogen-bond acceptors (Lipinski definition) is 4. The average molecular weight is 391 g/mol. The second-order valence-electron chi connectivity index (χ2n) is 7.30. The van der Waals surface area contributed by atoms with Gasteiger partial charge in [-0.1, -0.05) is 30.3 Å². The van der Waals surface area contributed by atoms with Crippen LogP contribution in [-0.2, 0) is 17.9 Å². The Morgan fingerprint density at radius 1 is 1.17 bits per heavy atom. The van der Waals surface area contributed by atoms with Crippen molar-refractivity contribution in [3.63, 3.8) is 0 Å². The van der Waals surface area contributed by atoms with Crippen molar-refractivity contribution in [3.8, 4) is 5.75 Å². The molecule has 1 aromatic heterocycles. The van der Waals surface area contributed by atoms with Gasteiger partial charge in [-0.05, 0) is 38.0 Å². The van der Waals surface area contributed by atoms with E-state index in [-0.39, 0.29) is 23.9 Å². The fraction of sp³-hybridized carbons (Fsp3) is 0.348. The minimum absolute atomic E-state index is 0.0545. The summed E-state index contributed by atoms with van der Waals surface area (Å²) in [5.41, 5.74) is 1.58. The van der Waals surface area contributed by atoms with Gasteiger partial charge in [0.1, 0.15) is 5.75 Å². The maximum absolute atomic E-state index is 13.0. The highest BCUT2D eigenvalue weighted by molar-refractivity contribution is 5.78. The maximum Gasteiger partial charge on any atom is 0.261 e. The van der Waals surface area contributed by atoms with Crippen molar-refractivity contribution < 1.29 is 9.53 Å². The summed E-state index contributed by atoms with van der Waals surface area (Å²) in [5.74, 6) is 0.877. The molecule has 0 saturated heterocycles. The number of benzene rings is 2. The van der Waals surface area contributed by atoms with Crippen molar-refractivity contribution in [1.29, 1.82) is 0 Å². The zero-order valence-electron chi connectivity index (χ0n) is 16.6. The van der Waals surface area contributed by atoms with Crippen LogP contribution < -0.4 is 10.3 Å². The summed E-state index contributed by atoms with van der Waals surface area (Å²) in [6.07, 6.45) is 3.86. The first kappa shape index (κ1) is 19.2. The molecule has 150 valence electrons. The Bertz CT molecular complexity index is 1070. The quantitative estimate of drug-likeness (QED) is 0.591. The number of carbonyl (C=O) groups excluding carboxylic acids is 1. The number of hydrogen-bond donors (Lipinski definition) is 0. The molecule has 0 aliphatic heterocycles. The molecule has 2 aromatic carbocycles. The van der Waals surface area contributed by atoms with Crippen molar-refractivity contribution in [2.45, 2.75) is 45.3 Å². The normalized spacial score (nSPS) is 13.4. The molecule has 0 radical (unpaired) electrons. The number of fused-ring (bicyclic) bond motifs is 1. The van der Waals surface area contributed by atoms with E-state index in [1.54, 1.807) is 6.07 Å². The van der Waals surface area contributed by atoms with Crippen LogP contribution in [0.3, 0.4) is 0 Å². The van der Waals surface area contributed by atoms with Gasteiger partial charge in [0.2, 0.25) is 5.91 Å². The van der Waals surface area contributed by atoms with Gasteiger partial charge in [-0.25, -0.2) is 4.98 Å². The molecule has 6 heteroatoms. The van der Waals surface area contributed by atoms with Crippen LogP contribution in [0.5, 0.6) is 5.75 Å². The van der Waals surface area contributed by atoms with Crippen LogP contribution in [0.2, 0.25) is 0 Å². The average Bonchev–Trinajstić information content (AvgIpc) is 3.58. The lowest BCUT2D eigenvalue weighted by atomic mass is 10.1. The second-order valence-corrected chi connectivity index (χ2v) is 7.30. The van der Waals surface area contributed by atoms with Crippen molar-refractivity contribution in [1.82, 2.24) is 14.5 Å². The number of para-hydroxylation sites is 2. The first-order valence-electron chi connectivity index (χ1n) is 10.1. The van der Waals surface area contributed by atoms with Crippen molar-refractivity contribution in [2.24, 2.45) is 0 Å². The summed E-state index contributed by atoms with van der Waals surface area (Å²) in [6, 6.07) is 15.4. The molecular formula is C23H25N3O3. The lowest BCUT2D eigenvalue weighted by molar-refractivity contribution is -0.132. The Morgan fingerprint density at radius 3 is 2.72 bits per heavy atom. The van der Waals surface area contributed by atoms with Gasteiger partial charge < -0.3 is 9.64 Å². The summed E-state index contributed by atoms with van der Waals surface area (Å²) in [7, 11) is 0. The molecule has 0 spiro atoms. The molecule has 0 unspecified atom stereocenters. The third-order valence-electron chi connectivity index (χ3n) is 5.22. The van der Waals surface area contributed by atoms with Gasteiger partial charge in [-0.3, -0.25) is 14.2 Å². The third-order valence-corrected chi connectivity index (χ3v) is 5.22. The lowest BCUT2D eigenvalue weighted by Crippen LogP contribution is -2.34. The Balaban J connectivity index is 1.48. The predicted molar refractivity (Wildman–Crippen MR) is 112 cm³/mol. The molecule has 1 saturated carbocycles. The van der Waals surface area contributed by atoms with Crippen LogP contribution in [0.15, 0.2) is 59.7 Å². The van der Waals surface area contributed by atoms with Gasteiger partial charge in [-0.2, -0.15) is 0 Å². The molecule has 1 fully saturated rings. The molecule has 0 atom stereocenters. The highest BCUT2D eigenvalue weighted by Gasteiger charge is 2.32.